The molecule has 0 bridgehead atoms. The second-order valence-electron chi connectivity index (χ2n) is 6.90. The van der Waals surface area contributed by atoms with Gasteiger partial charge < -0.3 is 15.1 Å². The molecule has 1 unspecified atom stereocenters. The van der Waals surface area contributed by atoms with Gasteiger partial charge in [0.05, 0.1) is 12.2 Å². The average molecular weight is 370 g/mol. The highest BCUT2D eigenvalue weighted by Gasteiger charge is 2.30. The van der Waals surface area contributed by atoms with Gasteiger partial charge in [0.1, 0.15) is 6.54 Å². The van der Waals surface area contributed by atoms with Crippen LogP contribution in [0.15, 0.2) is 30.5 Å². The van der Waals surface area contributed by atoms with E-state index in [-0.39, 0.29) is 30.1 Å². The highest BCUT2D eigenvalue weighted by molar-refractivity contribution is 5.92. The van der Waals surface area contributed by atoms with Gasteiger partial charge in [-0.1, -0.05) is 36.4 Å². The molecule has 1 aromatic heterocycles. The van der Waals surface area contributed by atoms with Gasteiger partial charge in [-0.2, -0.15) is 0 Å². The summed E-state index contributed by atoms with van der Waals surface area (Å²) in [7, 11) is 3.36. The number of likely N-dealkylation sites (N-methyl/N-ethyl adjacent to an activating group) is 1. The first-order valence-electron chi connectivity index (χ1n) is 9.20. The van der Waals surface area contributed by atoms with Crippen molar-refractivity contribution in [3.63, 3.8) is 0 Å². The molecule has 8 heteroatoms. The molecule has 1 N–H and O–H groups in total. The second-order valence-corrected chi connectivity index (χ2v) is 6.90. The highest BCUT2D eigenvalue weighted by atomic mass is 16.2. The first-order chi connectivity index (χ1) is 13.0. The van der Waals surface area contributed by atoms with Crippen LogP contribution in [0.4, 0.5) is 0 Å². The van der Waals surface area contributed by atoms with Gasteiger partial charge in [-0.3, -0.25) is 9.59 Å². The summed E-state index contributed by atoms with van der Waals surface area (Å²) in [5.41, 5.74) is 2.63. The summed E-state index contributed by atoms with van der Waals surface area (Å²) in [6, 6.07) is 8.34. The number of amides is 2. The van der Waals surface area contributed by atoms with Crippen LogP contribution in [0.3, 0.4) is 0 Å². The fourth-order valence-electron chi connectivity index (χ4n) is 3.12. The number of benzene rings is 1. The number of nitrogens with zero attached hydrogens (tertiary/aromatic N) is 5. The Kier molecular flexibility index (Phi) is 5.85. The maximum atomic E-state index is 13.0. The minimum atomic E-state index is -0.162. The van der Waals surface area contributed by atoms with Gasteiger partial charge in [-0.25, -0.2) is 4.68 Å². The van der Waals surface area contributed by atoms with Crippen LogP contribution in [-0.4, -0.2) is 70.3 Å². The van der Waals surface area contributed by atoms with Gasteiger partial charge in [0.25, 0.3) is 5.91 Å². The Morgan fingerprint density at radius 1 is 1.26 bits per heavy atom. The zero-order chi connectivity index (χ0) is 19.4. The van der Waals surface area contributed by atoms with Crippen molar-refractivity contribution in [3.05, 3.63) is 47.3 Å². The topological polar surface area (TPSA) is 83.4 Å². The van der Waals surface area contributed by atoms with E-state index >= 15 is 0 Å². The van der Waals surface area contributed by atoms with Gasteiger partial charge in [0, 0.05) is 33.7 Å². The lowest BCUT2D eigenvalue weighted by molar-refractivity contribution is -0.129. The predicted octanol–water partition coefficient (Wildman–Crippen LogP) is 0.715. The van der Waals surface area contributed by atoms with Crippen LogP contribution in [0, 0.1) is 0 Å². The molecule has 27 heavy (non-hydrogen) atoms. The summed E-state index contributed by atoms with van der Waals surface area (Å²) in [4.78, 5) is 28.2. The Morgan fingerprint density at radius 3 is 2.67 bits per heavy atom. The van der Waals surface area contributed by atoms with Crippen molar-refractivity contribution in [1.29, 1.82) is 0 Å². The van der Waals surface area contributed by atoms with Crippen LogP contribution in [0.1, 0.15) is 34.6 Å². The first-order valence-corrected chi connectivity index (χ1v) is 9.20. The number of carbonyl (C=O) groups is 2. The molecule has 1 saturated heterocycles. The van der Waals surface area contributed by atoms with Crippen molar-refractivity contribution >= 4 is 11.8 Å². The number of nitrogens with one attached hydrogen (secondary N) is 1. The van der Waals surface area contributed by atoms with E-state index < -0.39 is 0 Å². The van der Waals surface area contributed by atoms with Gasteiger partial charge in [-0.05, 0) is 17.5 Å². The molecule has 0 radical (unpaired) electrons. The lowest BCUT2D eigenvalue weighted by Crippen LogP contribution is -2.48. The first kappa shape index (κ1) is 19.0. The number of aryl methyl sites for hydroxylation is 1. The van der Waals surface area contributed by atoms with Crippen LogP contribution in [-0.2, 0) is 17.8 Å². The zero-order valence-electron chi connectivity index (χ0n) is 16.1. The molecule has 1 aliphatic heterocycles. The largest absolute Gasteiger partial charge is 0.347 e. The summed E-state index contributed by atoms with van der Waals surface area (Å²) in [5.74, 6) is -0.264. The van der Waals surface area contributed by atoms with Crippen molar-refractivity contribution in [3.8, 4) is 0 Å². The fraction of sp³-hybridized carbons (Fsp3) is 0.474. The summed E-state index contributed by atoms with van der Waals surface area (Å²) >= 11 is 0. The Hall–Kier alpha value is -2.74. The SMILES string of the molecule is CCc1ccc(C2CNCCN2C(=O)c2cn(CC(=O)N(C)C)nn2)cc1. The maximum absolute atomic E-state index is 13.0. The van der Waals surface area contributed by atoms with E-state index in [0.717, 1.165) is 18.5 Å². The quantitative estimate of drug-likeness (QED) is 0.838. The van der Waals surface area contributed by atoms with Gasteiger partial charge >= 0.3 is 0 Å². The molecule has 2 heterocycles. The van der Waals surface area contributed by atoms with Crippen molar-refractivity contribution < 1.29 is 9.59 Å². The third-order valence-corrected chi connectivity index (χ3v) is 4.83. The van der Waals surface area contributed by atoms with Crippen LogP contribution in [0.25, 0.3) is 0 Å². The molecule has 1 fully saturated rings. The molecule has 8 nitrogen and oxygen atoms in total. The molecule has 0 spiro atoms. The van der Waals surface area contributed by atoms with Gasteiger partial charge in [-0.15, -0.1) is 5.10 Å². The highest BCUT2D eigenvalue weighted by Crippen LogP contribution is 2.24. The van der Waals surface area contributed by atoms with Gasteiger partial charge in [0.15, 0.2) is 5.69 Å². The lowest BCUT2D eigenvalue weighted by Gasteiger charge is -2.36. The molecule has 2 aromatic rings. The standard InChI is InChI=1S/C19H26N6O2/c1-4-14-5-7-15(8-6-14)17-11-20-9-10-25(17)19(27)16-12-24(22-21-16)13-18(26)23(2)3/h5-8,12,17,20H,4,9-11,13H2,1-3H3. The Balaban J connectivity index is 1.77. The molecule has 3 rings (SSSR count). The normalized spacial score (nSPS) is 17.0. The Morgan fingerprint density at radius 2 is 2.00 bits per heavy atom. The van der Waals surface area contributed by atoms with E-state index in [1.165, 1.54) is 15.1 Å². The van der Waals surface area contributed by atoms with Crippen molar-refractivity contribution in [2.75, 3.05) is 33.7 Å². The second kappa shape index (κ2) is 8.30. The number of aromatic nitrogens is 3. The minimum Gasteiger partial charge on any atom is -0.347 e. The maximum Gasteiger partial charge on any atom is 0.276 e. The van der Waals surface area contributed by atoms with Crippen LogP contribution < -0.4 is 5.32 Å². The molecule has 1 aromatic carbocycles. The number of piperazine rings is 1. The minimum absolute atomic E-state index is 0.0503. The molecular weight excluding hydrogens is 344 g/mol. The molecule has 144 valence electrons. The monoisotopic (exact) mass is 370 g/mol. The van der Waals surface area contributed by atoms with Crippen LogP contribution in [0.5, 0.6) is 0 Å². The summed E-state index contributed by atoms with van der Waals surface area (Å²) in [6.07, 6.45) is 2.53. The van der Waals surface area contributed by atoms with Crippen molar-refractivity contribution in [2.45, 2.75) is 25.9 Å². The fourth-order valence-corrected chi connectivity index (χ4v) is 3.12. The lowest BCUT2D eigenvalue weighted by atomic mass is 10.0. The van der Waals surface area contributed by atoms with E-state index in [1.54, 1.807) is 20.3 Å². The number of carbonyl (C=O) groups excluding carboxylic acids is 2. The van der Waals surface area contributed by atoms with E-state index in [0.29, 0.717) is 13.1 Å². The van der Waals surface area contributed by atoms with E-state index in [2.05, 4.69) is 46.8 Å². The predicted molar refractivity (Wildman–Crippen MR) is 101 cm³/mol. The molecule has 0 saturated carbocycles. The van der Waals surface area contributed by atoms with Crippen molar-refractivity contribution in [1.82, 2.24) is 30.1 Å². The van der Waals surface area contributed by atoms with Gasteiger partial charge in [0.2, 0.25) is 5.91 Å². The molecular formula is C19H26N6O2. The molecule has 0 aliphatic carbocycles. The van der Waals surface area contributed by atoms with E-state index in [1.807, 2.05) is 4.90 Å². The number of rotatable bonds is 5. The van der Waals surface area contributed by atoms with E-state index in [4.69, 9.17) is 0 Å². The number of hydrogen-bond acceptors (Lipinski definition) is 5. The Labute approximate surface area is 159 Å². The number of hydrogen-bond donors (Lipinski definition) is 1. The third kappa shape index (κ3) is 4.33. The summed E-state index contributed by atoms with van der Waals surface area (Å²) in [6.45, 7) is 4.23. The van der Waals surface area contributed by atoms with Crippen molar-refractivity contribution in [2.24, 2.45) is 0 Å². The molecule has 1 atom stereocenters. The van der Waals surface area contributed by atoms with Crippen LogP contribution >= 0.6 is 0 Å². The third-order valence-electron chi connectivity index (χ3n) is 4.83. The average Bonchev–Trinajstić information content (AvgIpc) is 3.16. The molecule has 1 aliphatic rings. The van der Waals surface area contributed by atoms with Crippen LogP contribution in [0.2, 0.25) is 0 Å². The summed E-state index contributed by atoms with van der Waals surface area (Å²) < 4.78 is 1.41. The Bertz CT molecular complexity index is 799. The van der Waals surface area contributed by atoms with E-state index in [9.17, 15) is 9.59 Å². The molecule has 2 amide bonds. The summed E-state index contributed by atoms with van der Waals surface area (Å²) in [5, 5.41) is 11.3. The zero-order valence-corrected chi connectivity index (χ0v) is 16.1. The smallest absolute Gasteiger partial charge is 0.276 e.